The molecule has 2 nitrogen and oxygen atoms in total. The summed E-state index contributed by atoms with van der Waals surface area (Å²) in [6.07, 6.45) is 9.32. The first-order chi connectivity index (χ1) is 9.36. The molecule has 0 aliphatic carbocycles. The Bertz CT molecular complexity index is 380. The molecule has 2 heteroatoms. The summed E-state index contributed by atoms with van der Waals surface area (Å²) < 4.78 is 0. The number of hydrogen-bond donors (Lipinski definition) is 0. The summed E-state index contributed by atoms with van der Waals surface area (Å²) in [5, 5.41) is 0. The van der Waals surface area contributed by atoms with Gasteiger partial charge in [-0.3, -0.25) is 4.79 Å². The van der Waals surface area contributed by atoms with Crippen LogP contribution < -0.4 is 0 Å². The van der Waals surface area contributed by atoms with E-state index in [-0.39, 0.29) is 5.91 Å². The quantitative estimate of drug-likeness (QED) is 0.457. The predicted molar refractivity (Wildman–Crippen MR) is 88.7 cm³/mol. The van der Waals surface area contributed by atoms with E-state index < -0.39 is 0 Å². The molecule has 1 amide bonds. The summed E-state index contributed by atoms with van der Waals surface area (Å²) in [5.41, 5.74) is 3.78. The molecule has 0 bridgehead atoms. The molecule has 20 heavy (non-hydrogen) atoms. The fourth-order valence-corrected chi connectivity index (χ4v) is 1.86. The minimum absolute atomic E-state index is 0.125. The number of carbonyl (C=O) groups excluding carboxylic acids is 1. The molecule has 0 aliphatic heterocycles. The number of amides is 1. The minimum atomic E-state index is 0.125. The Morgan fingerprint density at radius 3 is 2.15 bits per heavy atom. The Hall–Kier alpha value is -1.31. The maximum Gasteiger partial charge on any atom is 0.246 e. The van der Waals surface area contributed by atoms with Crippen molar-refractivity contribution < 1.29 is 4.79 Å². The maximum absolute atomic E-state index is 12.1. The van der Waals surface area contributed by atoms with E-state index in [0.717, 1.165) is 37.9 Å². The minimum Gasteiger partial charge on any atom is -0.335 e. The molecule has 0 N–H and O–H groups in total. The topological polar surface area (TPSA) is 20.3 Å². The van der Waals surface area contributed by atoms with E-state index in [2.05, 4.69) is 39.8 Å². The molecule has 0 atom stereocenters. The van der Waals surface area contributed by atoms with Crippen LogP contribution in [0.15, 0.2) is 34.9 Å². The van der Waals surface area contributed by atoms with Gasteiger partial charge in [-0.25, -0.2) is 0 Å². The maximum atomic E-state index is 12.1. The van der Waals surface area contributed by atoms with E-state index in [1.54, 1.807) is 6.08 Å². The Kier molecular flexibility index (Phi) is 9.79. The van der Waals surface area contributed by atoms with Crippen molar-refractivity contribution in [2.45, 2.75) is 60.8 Å². The first-order valence-electron chi connectivity index (χ1n) is 7.59. The van der Waals surface area contributed by atoms with Crippen LogP contribution in [0.4, 0.5) is 0 Å². The first-order valence-corrected chi connectivity index (χ1v) is 7.59. The van der Waals surface area contributed by atoms with Gasteiger partial charge >= 0.3 is 0 Å². The van der Waals surface area contributed by atoms with Gasteiger partial charge in [-0.2, -0.15) is 0 Å². The van der Waals surface area contributed by atoms with Gasteiger partial charge in [-0.1, -0.05) is 35.8 Å². The third kappa shape index (κ3) is 9.60. The van der Waals surface area contributed by atoms with Gasteiger partial charge in [0.15, 0.2) is 0 Å². The van der Waals surface area contributed by atoms with E-state index in [0.29, 0.717) is 0 Å². The van der Waals surface area contributed by atoms with E-state index >= 15 is 0 Å². The molecular weight excluding hydrogens is 246 g/mol. The van der Waals surface area contributed by atoms with Crippen molar-refractivity contribution in [1.29, 1.82) is 0 Å². The van der Waals surface area contributed by atoms with Crippen molar-refractivity contribution in [3.8, 4) is 0 Å². The Labute approximate surface area is 125 Å². The Morgan fingerprint density at radius 1 is 1.00 bits per heavy atom. The van der Waals surface area contributed by atoms with Crippen LogP contribution in [0.3, 0.4) is 0 Å². The number of carbonyl (C=O) groups is 1. The van der Waals surface area contributed by atoms with Crippen LogP contribution in [0, 0.1) is 0 Å². The van der Waals surface area contributed by atoms with Gasteiger partial charge in [0.05, 0.1) is 0 Å². The lowest BCUT2D eigenvalue weighted by Gasteiger charge is -2.19. The van der Waals surface area contributed by atoms with E-state index in [4.69, 9.17) is 0 Å². The zero-order chi connectivity index (χ0) is 15.5. The van der Waals surface area contributed by atoms with Crippen LogP contribution in [0.1, 0.15) is 60.8 Å². The zero-order valence-corrected chi connectivity index (χ0v) is 14.1. The third-order valence-electron chi connectivity index (χ3n) is 2.97. The highest BCUT2D eigenvalue weighted by atomic mass is 16.2. The van der Waals surface area contributed by atoms with Gasteiger partial charge in [-0.15, -0.1) is 0 Å². The standard InChI is InChI=1S/C18H31NO/c1-7-12-19(18(20)14-16(4)5)13-11-17(6)10-8-9-15(2)3/h9,11,14H,7-8,10,12-13H2,1-6H3/b17-11-. The van der Waals surface area contributed by atoms with Crippen LogP contribution in [0.2, 0.25) is 0 Å². The lowest BCUT2D eigenvalue weighted by molar-refractivity contribution is -0.125. The molecule has 0 radical (unpaired) electrons. The molecule has 0 aromatic rings. The second-order valence-corrected chi connectivity index (χ2v) is 5.88. The van der Waals surface area contributed by atoms with E-state index in [9.17, 15) is 4.79 Å². The molecule has 0 fully saturated rings. The van der Waals surface area contributed by atoms with Crippen molar-refractivity contribution in [3.05, 3.63) is 34.9 Å². The summed E-state index contributed by atoms with van der Waals surface area (Å²) in [6.45, 7) is 14.0. The molecule has 0 heterocycles. The summed E-state index contributed by atoms with van der Waals surface area (Å²) in [6, 6.07) is 0. The molecule has 0 spiro atoms. The van der Waals surface area contributed by atoms with Crippen molar-refractivity contribution in [2.24, 2.45) is 0 Å². The van der Waals surface area contributed by atoms with Gasteiger partial charge in [0.2, 0.25) is 5.91 Å². The van der Waals surface area contributed by atoms with Crippen LogP contribution in [-0.4, -0.2) is 23.9 Å². The van der Waals surface area contributed by atoms with Crippen molar-refractivity contribution in [2.75, 3.05) is 13.1 Å². The molecule has 0 rings (SSSR count). The molecule has 0 aliphatic rings. The third-order valence-corrected chi connectivity index (χ3v) is 2.97. The lowest BCUT2D eigenvalue weighted by atomic mass is 10.1. The van der Waals surface area contributed by atoms with Crippen LogP contribution >= 0.6 is 0 Å². The highest BCUT2D eigenvalue weighted by Crippen LogP contribution is 2.07. The van der Waals surface area contributed by atoms with Gasteiger partial charge in [-0.05, 0) is 53.9 Å². The first kappa shape index (κ1) is 18.7. The molecular formula is C18H31NO. The van der Waals surface area contributed by atoms with Crippen LogP contribution in [0.5, 0.6) is 0 Å². The molecule has 0 aromatic heterocycles. The highest BCUT2D eigenvalue weighted by molar-refractivity contribution is 5.88. The van der Waals surface area contributed by atoms with E-state index in [1.165, 1.54) is 11.1 Å². The van der Waals surface area contributed by atoms with Crippen molar-refractivity contribution in [3.63, 3.8) is 0 Å². The van der Waals surface area contributed by atoms with Crippen LogP contribution in [-0.2, 0) is 4.79 Å². The molecule has 114 valence electrons. The fourth-order valence-electron chi connectivity index (χ4n) is 1.86. The van der Waals surface area contributed by atoms with Crippen molar-refractivity contribution in [1.82, 2.24) is 4.90 Å². The summed E-state index contributed by atoms with van der Waals surface area (Å²) in [4.78, 5) is 14.0. The SMILES string of the molecule is CCCN(C/C=C(/C)CCC=C(C)C)C(=O)C=C(C)C. The molecule has 0 unspecified atom stereocenters. The van der Waals surface area contributed by atoms with Gasteiger partial charge in [0.1, 0.15) is 0 Å². The Morgan fingerprint density at radius 2 is 1.65 bits per heavy atom. The van der Waals surface area contributed by atoms with E-state index in [1.807, 2.05) is 18.7 Å². The molecule has 0 saturated heterocycles. The van der Waals surface area contributed by atoms with Gasteiger partial charge < -0.3 is 4.90 Å². The number of rotatable bonds is 8. The fraction of sp³-hybridized carbons (Fsp3) is 0.611. The molecule has 0 aromatic carbocycles. The summed E-state index contributed by atoms with van der Waals surface area (Å²) in [7, 11) is 0. The number of hydrogen-bond acceptors (Lipinski definition) is 1. The number of allylic oxidation sites excluding steroid dienone is 4. The largest absolute Gasteiger partial charge is 0.335 e. The average molecular weight is 277 g/mol. The highest BCUT2D eigenvalue weighted by Gasteiger charge is 2.08. The lowest BCUT2D eigenvalue weighted by Crippen LogP contribution is -2.30. The van der Waals surface area contributed by atoms with Gasteiger partial charge in [0.25, 0.3) is 0 Å². The normalized spacial score (nSPS) is 11.0. The average Bonchev–Trinajstić information content (AvgIpc) is 2.32. The number of nitrogens with zero attached hydrogens (tertiary/aromatic N) is 1. The Balaban J connectivity index is 4.48. The van der Waals surface area contributed by atoms with Crippen molar-refractivity contribution >= 4 is 5.91 Å². The second-order valence-electron chi connectivity index (χ2n) is 5.88. The predicted octanol–water partition coefficient (Wildman–Crippen LogP) is 4.88. The molecule has 0 saturated carbocycles. The monoisotopic (exact) mass is 277 g/mol. The summed E-state index contributed by atoms with van der Waals surface area (Å²) in [5.74, 6) is 0.125. The second kappa shape index (κ2) is 10.5. The smallest absolute Gasteiger partial charge is 0.246 e. The zero-order valence-electron chi connectivity index (χ0n) is 14.1. The van der Waals surface area contributed by atoms with Gasteiger partial charge in [0, 0.05) is 19.2 Å². The van der Waals surface area contributed by atoms with Crippen LogP contribution in [0.25, 0.3) is 0 Å². The summed E-state index contributed by atoms with van der Waals surface area (Å²) >= 11 is 0.